The third kappa shape index (κ3) is 3.96. The fourth-order valence-electron chi connectivity index (χ4n) is 2.51. The Morgan fingerprint density at radius 1 is 1.40 bits per heavy atom. The van der Waals surface area contributed by atoms with E-state index in [0.29, 0.717) is 19.6 Å². The van der Waals surface area contributed by atoms with Crippen molar-refractivity contribution in [1.29, 1.82) is 0 Å². The van der Waals surface area contributed by atoms with Gasteiger partial charge in [0.25, 0.3) is 0 Å². The smallest absolute Gasteiger partial charge is 0.0869 e. The molecule has 4 nitrogen and oxygen atoms in total. The molecule has 0 saturated heterocycles. The van der Waals surface area contributed by atoms with Crippen molar-refractivity contribution in [2.75, 3.05) is 27.2 Å². The van der Waals surface area contributed by atoms with Crippen LogP contribution in [-0.2, 0) is 6.54 Å². The number of hydrogen-bond donors (Lipinski definition) is 3. The molecule has 1 aromatic carbocycles. The van der Waals surface area contributed by atoms with Crippen LogP contribution in [-0.4, -0.2) is 47.8 Å². The molecule has 0 aliphatic carbocycles. The van der Waals surface area contributed by atoms with Crippen LogP contribution in [0, 0.1) is 0 Å². The number of aliphatic hydroxyl groups is 1. The van der Waals surface area contributed by atoms with E-state index in [1.165, 1.54) is 5.56 Å². The number of fused-ring (bicyclic) bond motifs is 1. The van der Waals surface area contributed by atoms with Gasteiger partial charge in [-0.2, -0.15) is 0 Å². The average Bonchev–Trinajstić information content (AvgIpc) is 2.69. The zero-order valence-corrected chi connectivity index (χ0v) is 13.0. The molecule has 2 rings (SSSR count). The zero-order valence-electron chi connectivity index (χ0n) is 12.2. The second kappa shape index (κ2) is 6.14. The number of aromatic amines is 1. The molecule has 110 valence electrons. The maximum absolute atomic E-state index is 10.2. The molecule has 0 amide bonds. The molecule has 0 spiro atoms. The molecule has 20 heavy (non-hydrogen) atoms. The summed E-state index contributed by atoms with van der Waals surface area (Å²) in [5, 5.41) is 15.4. The van der Waals surface area contributed by atoms with Crippen molar-refractivity contribution in [3.63, 3.8) is 0 Å². The molecule has 1 unspecified atom stereocenters. The van der Waals surface area contributed by atoms with Crippen LogP contribution in [0.5, 0.6) is 0 Å². The minimum Gasteiger partial charge on any atom is -0.388 e. The predicted octanol–water partition coefficient (Wildman–Crippen LogP) is 2.22. The molecule has 0 aliphatic heterocycles. The minimum absolute atomic E-state index is 0.547. The van der Waals surface area contributed by atoms with Gasteiger partial charge in [0.2, 0.25) is 0 Å². The quantitative estimate of drug-likeness (QED) is 0.766. The lowest BCUT2D eigenvalue weighted by Crippen LogP contribution is -2.45. The molecule has 3 N–H and O–H groups in total. The van der Waals surface area contributed by atoms with Crippen molar-refractivity contribution in [2.24, 2.45) is 0 Å². The number of aromatic nitrogens is 1. The maximum atomic E-state index is 10.2. The van der Waals surface area contributed by atoms with Gasteiger partial charge in [-0.3, -0.25) is 0 Å². The van der Waals surface area contributed by atoms with E-state index < -0.39 is 5.60 Å². The second-order valence-electron chi connectivity index (χ2n) is 5.84. The normalized spacial score (nSPS) is 14.9. The van der Waals surface area contributed by atoms with E-state index in [-0.39, 0.29) is 0 Å². The first-order valence-corrected chi connectivity index (χ1v) is 7.08. The molecule has 1 atom stereocenters. The van der Waals surface area contributed by atoms with Crippen LogP contribution in [0.4, 0.5) is 0 Å². The highest BCUT2D eigenvalue weighted by Gasteiger charge is 2.20. The van der Waals surface area contributed by atoms with Crippen LogP contribution in [0.3, 0.4) is 0 Å². The van der Waals surface area contributed by atoms with Crippen molar-refractivity contribution in [3.05, 3.63) is 35.0 Å². The summed E-state index contributed by atoms with van der Waals surface area (Å²) in [6.45, 7) is 3.73. The van der Waals surface area contributed by atoms with Crippen LogP contribution in [0.25, 0.3) is 10.9 Å². The van der Waals surface area contributed by atoms with E-state index in [2.05, 4.69) is 10.3 Å². The summed E-state index contributed by atoms with van der Waals surface area (Å²) in [7, 11) is 3.91. The number of H-pyrrole nitrogens is 1. The average molecular weight is 296 g/mol. The van der Waals surface area contributed by atoms with Crippen molar-refractivity contribution in [1.82, 2.24) is 15.2 Å². The van der Waals surface area contributed by atoms with E-state index in [4.69, 9.17) is 11.6 Å². The molecule has 5 heteroatoms. The van der Waals surface area contributed by atoms with Gasteiger partial charge in [0.1, 0.15) is 0 Å². The molecule has 0 aliphatic rings. The Hall–Kier alpha value is -1.07. The van der Waals surface area contributed by atoms with E-state index in [0.717, 1.165) is 15.9 Å². The molecular weight excluding hydrogens is 274 g/mol. The number of nitrogens with one attached hydrogen (secondary N) is 2. The maximum Gasteiger partial charge on any atom is 0.0869 e. The Morgan fingerprint density at radius 2 is 2.15 bits per heavy atom. The molecule has 2 aromatic rings. The fourth-order valence-corrected chi connectivity index (χ4v) is 2.68. The highest BCUT2D eigenvalue weighted by molar-refractivity contribution is 6.31. The van der Waals surface area contributed by atoms with Gasteiger partial charge in [0.05, 0.1) is 5.60 Å². The highest BCUT2D eigenvalue weighted by Crippen LogP contribution is 2.21. The van der Waals surface area contributed by atoms with Crippen LogP contribution >= 0.6 is 11.6 Å². The van der Waals surface area contributed by atoms with Crippen molar-refractivity contribution in [2.45, 2.75) is 19.1 Å². The standard InChI is InChI=1S/C15H22ClN3O/c1-15(20,10-19(2)3)9-17-7-11-8-18-14-6-12(16)4-5-13(11)14/h4-6,8,17-18,20H,7,9-10H2,1-3H3. The summed E-state index contributed by atoms with van der Waals surface area (Å²) < 4.78 is 0. The molecule has 1 aromatic heterocycles. The van der Waals surface area contributed by atoms with Gasteiger partial charge in [-0.1, -0.05) is 17.7 Å². The van der Waals surface area contributed by atoms with Crippen LogP contribution in [0.15, 0.2) is 24.4 Å². The van der Waals surface area contributed by atoms with Gasteiger partial charge in [0, 0.05) is 41.8 Å². The SMILES string of the molecule is CN(C)CC(C)(O)CNCc1c[nH]c2cc(Cl)ccc12. The molecular formula is C15H22ClN3O. The lowest BCUT2D eigenvalue weighted by atomic mass is 10.1. The van der Waals surface area contributed by atoms with Crippen molar-refractivity contribution >= 4 is 22.5 Å². The summed E-state index contributed by atoms with van der Waals surface area (Å²) in [6, 6.07) is 5.83. The first-order valence-electron chi connectivity index (χ1n) is 6.71. The van der Waals surface area contributed by atoms with Crippen LogP contribution in [0.2, 0.25) is 5.02 Å². The number of rotatable bonds is 6. The van der Waals surface area contributed by atoms with Crippen molar-refractivity contribution < 1.29 is 5.11 Å². The zero-order chi connectivity index (χ0) is 14.8. The first-order chi connectivity index (χ1) is 9.37. The molecule has 0 radical (unpaired) electrons. The Labute approximate surface area is 124 Å². The second-order valence-corrected chi connectivity index (χ2v) is 6.28. The largest absolute Gasteiger partial charge is 0.388 e. The number of likely N-dealkylation sites (N-methyl/N-ethyl adjacent to an activating group) is 1. The molecule has 0 fully saturated rings. The fraction of sp³-hybridized carbons (Fsp3) is 0.467. The number of nitrogens with zero attached hydrogens (tertiary/aromatic N) is 1. The Bertz CT molecular complexity index is 578. The molecule has 1 heterocycles. The Balaban J connectivity index is 1.96. The molecule has 0 bridgehead atoms. The van der Waals surface area contributed by atoms with E-state index in [9.17, 15) is 5.11 Å². The summed E-state index contributed by atoms with van der Waals surface area (Å²) in [6.07, 6.45) is 1.98. The summed E-state index contributed by atoms with van der Waals surface area (Å²) in [4.78, 5) is 5.20. The summed E-state index contributed by atoms with van der Waals surface area (Å²) in [5.74, 6) is 0. The van der Waals surface area contributed by atoms with Crippen LogP contribution in [0.1, 0.15) is 12.5 Å². The van der Waals surface area contributed by atoms with Gasteiger partial charge in [-0.05, 0) is 38.7 Å². The lowest BCUT2D eigenvalue weighted by molar-refractivity contribution is 0.0336. The monoisotopic (exact) mass is 295 g/mol. The van der Waals surface area contributed by atoms with Gasteiger partial charge >= 0.3 is 0 Å². The van der Waals surface area contributed by atoms with Gasteiger partial charge in [0.15, 0.2) is 0 Å². The number of benzene rings is 1. The highest BCUT2D eigenvalue weighted by atomic mass is 35.5. The van der Waals surface area contributed by atoms with E-state index in [1.807, 2.05) is 50.3 Å². The third-order valence-electron chi connectivity index (χ3n) is 3.21. The van der Waals surface area contributed by atoms with Gasteiger partial charge < -0.3 is 20.3 Å². The number of halogens is 1. The van der Waals surface area contributed by atoms with Gasteiger partial charge in [-0.15, -0.1) is 0 Å². The Kier molecular flexibility index (Phi) is 4.70. The van der Waals surface area contributed by atoms with Gasteiger partial charge in [-0.25, -0.2) is 0 Å². The molecule has 0 saturated carbocycles. The van der Waals surface area contributed by atoms with Crippen molar-refractivity contribution in [3.8, 4) is 0 Å². The third-order valence-corrected chi connectivity index (χ3v) is 3.44. The first kappa shape index (κ1) is 15.3. The van der Waals surface area contributed by atoms with Crippen LogP contribution < -0.4 is 5.32 Å². The minimum atomic E-state index is -0.737. The summed E-state index contributed by atoms with van der Waals surface area (Å²) in [5.41, 5.74) is 1.48. The van der Waals surface area contributed by atoms with E-state index >= 15 is 0 Å². The van der Waals surface area contributed by atoms with E-state index in [1.54, 1.807) is 0 Å². The topological polar surface area (TPSA) is 51.3 Å². The Morgan fingerprint density at radius 3 is 2.85 bits per heavy atom. The number of hydrogen-bond acceptors (Lipinski definition) is 3. The predicted molar refractivity (Wildman–Crippen MR) is 84.2 cm³/mol. The lowest BCUT2D eigenvalue weighted by Gasteiger charge is -2.27. The summed E-state index contributed by atoms with van der Waals surface area (Å²) >= 11 is 5.97.